The molecule has 0 saturated carbocycles. The molecule has 1 rings (SSSR count). The summed E-state index contributed by atoms with van der Waals surface area (Å²) < 4.78 is 0. The van der Waals surface area contributed by atoms with Crippen molar-refractivity contribution < 1.29 is 0 Å². The molecule has 0 spiro atoms. The Morgan fingerprint density at radius 1 is 1.57 bits per heavy atom. The largest absolute Gasteiger partial charge is 0.314 e. The normalized spacial score (nSPS) is 13.0. The molecule has 0 amide bonds. The zero-order valence-electron chi connectivity index (χ0n) is 8.95. The first kappa shape index (κ1) is 12.1. The minimum absolute atomic E-state index is 0.603. The van der Waals surface area contributed by atoms with E-state index in [-0.39, 0.29) is 0 Å². The van der Waals surface area contributed by atoms with Gasteiger partial charge in [0, 0.05) is 6.04 Å². The molecule has 1 aromatic heterocycles. The third-order valence-corrected chi connectivity index (χ3v) is 3.57. The molecule has 80 valence electrons. The summed E-state index contributed by atoms with van der Waals surface area (Å²) in [5, 5.41) is 7.93. The second kappa shape index (κ2) is 7.32. The summed E-state index contributed by atoms with van der Waals surface area (Å²) in [7, 11) is 0. The van der Waals surface area contributed by atoms with Crippen molar-refractivity contribution in [3.05, 3.63) is 22.4 Å². The van der Waals surface area contributed by atoms with Crippen LogP contribution in [0.25, 0.3) is 0 Å². The molecule has 3 heteroatoms. The third kappa shape index (κ3) is 5.03. The molecule has 1 unspecified atom stereocenters. The van der Waals surface area contributed by atoms with Gasteiger partial charge in [-0.15, -0.1) is 0 Å². The van der Waals surface area contributed by atoms with E-state index < -0.39 is 0 Å². The van der Waals surface area contributed by atoms with E-state index in [1.54, 1.807) is 11.3 Å². The van der Waals surface area contributed by atoms with Crippen LogP contribution in [0.4, 0.5) is 0 Å². The predicted molar refractivity (Wildman–Crippen MR) is 68.5 cm³/mol. The molecule has 0 bridgehead atoms. The van der Waals surface area contributed by atoms with Crippen LogP contribution in [-0.4, -0.2) is 24.6 Å². The lowest BCUT2D eigenvalue weighted by Crippen LogP contribution is -2.29. The van der Waals surface area contributed by atoms with Crippen molar-refractivity contribution in [2.24, 2.45) is 0 Å². The molecule has 0 fully saturated rings. The fourth-order valence-corrected chi connectivity index (χ4v) is 2.51. The summed E-state index contributed by atoms with van der Waals surface area (Å²) >= 11 is 3.70. The Balaban J connectivity index is 2.07. The highest BCUT2D eigenvalue weighted by Crippen LogP contribution is 2.08. The molecule has 0 aromatic carbocycles. The summed E-state index contributed by atoms with van der Waals surface area (Å²) in [6, 6.07) is 2.82. The van der Waals surface area contributed by atoms with Crippen LogP contribution < -0.4 is 5.32 Å². The van der Waals surface area contributed by atoms with E-state index in [0.717, 1.165) is 13.0 Å². The molecule has 1 aromatic rings. The molecule has 1 nitrogen and oxygen atoms in total. The predicted octanol–water partition coefficient (Wildman–Crippen LogP) is 3.02. The van der Waals surface area contributed by atoms with Crippen molar-refractivity contribution in [2.45, 2.75) is 25.8 Å². The van der Waals surface area contributed by atoms with E-state index in [1.807, 2.05) is 11.8 Å². The molecule has 14 heavy (non-hydrogen) atoms. The van der Waals surface area contributed by atoms with Crippen molar-refractivity contribution in [1.29, 1.82) is 0 Å². The first-order valence-electron chi connectivity index (χ1n) is 5.06. The number of nitrogens with one attached hydrogen (secondary N) is 1. The van der Waals surface area contributed by atoms with Gasteiger partial charge >= 0.3 is 0 Å². The summed E-state index contributed by atoms with van der Waals surface area (Å²) in [5.74, 6) is 1.26. The lowest BCUT2D eigenvalue weighted by Gasteiger charge is -2.12. The molecule has 1 atom stereocenters. The Kier molecular flexibility index (Phi) is 6.32. The Morgan fingerprint density at radius 3 is 3.07 bits per heavy atom. The Morgan fingerprint density at radius 2 is 2.43 bits per heavy atom. The first-order valence-corrected chi connectivity index (χ1v) is 7.40. The van der Waals surface area contributed by atoms with Gasteiger partial charge in [-0.05, 0) is 60.7 Å². The number of rotatable bonds is 7. The van der Waals surface area contributed by atoms with Crippen molar-refractivity contribution in [2.75, 3.05) is 18.6 Å². The Hall–Kier alpha value is 0.01000. The van der Waals surface area contributed by atoms with E-state index in [2.05, 4.69) is 35.3 Å². The van der Waals surface area contributed by atoms with E-state index >= 15 is 0 Å². The summed E-state index contributed by atoms with van der Waals surface area (Å²) in [6.07, 6.45) is 4.59. The average molecular weight is 229 g/mol. The molecule has 1 N–H and O–H groups in total. The van der Waals surface area contributed by atoms with Crippen molar-refractivity contribution >= 4 is 23.1 Å². The van der Waals surface area contributed by atoms with Crippen LogP contribution in [0.15, 0.2) is 16.8 Å². The minimum atomic E-state index is 0.603. The summed E-state index contributed by atoms with van der Waals surface area (Å²) in [4.78, 5) is 0. The highest BCUT2D eigenvalue weighted by molar-refractivity contribution is 7.98. The van der Waals surface area contributed by atoms with Gasteiger partial charge in [0.15, 0.2) is 0 Å². The van der Waals surface area contributed by atoms with Crippen LogP contribution >= 0.6 is 23.1 Å². The Labute approximate surface area is 95.3 Å². The van der Waals surface area contributed by atoms with Crippen LogP contribution in [0.2, 0.25) is 0 Å². The fourth-order valence-electron chi connectivity index (χ4n) is 1.40. The number of hydrogen-bond donors (Lipinski definition) is 1. The molecule has 0 saturated heterocycles. The Bertz CT molecular complexity index is 221. The van der Waals surface area contributed by atoms with Crippen LogP contribution in [0, 0.1) is 0 Å². The maximum atomic E-state index is 3.55. The highest BCUT2D eigenvalue weighted by Gasteiger charge is 2.02. The quantitative estimate of drug-likeness (QED) is 0.721. The molecule has 0 radical (unpaired) electrons. The average Bonchev–Trinajstić information content (AvgIpc) is 2.65. The molecular weight excluding hydrogens is 210 g/mol. The van der Waals surface area contributed by atoms with E-state index in [0.29, 0.717) is 6.04 Å². The van der Waals surface area contributed by atoms with Crippen molar-refractivity contribution in [3.8, 4) is 0 Å². The lowest BCUT2D eigenvalue weighted by molar-refractivity contribution is 0.545. The maximum Gasteiger partial charge on any atom is 0.00794 e. The molecule has 0 aliphatic rings. The number of thioether (sulfide) groups is 1. The van der Waals surface area contributed by atoms with E-state index in [9.17, 15) is 0 Å². The van der Waals surface area contributed by atoms with Gasteiger partial charge in [0.2, 0.25) is 0 Å². The second-order valence-corrected chi connectivity index (χ2v) is 5.30. The maximum absolute atomic E-state index is 3.55. The second-order valence-electron chi connectivity index (χ2n) is 3.54. The van der Waals surface area contributed by atoms with Crippen LogP contribution in [0.1, 0.15) is 18.9 Å². The van der Waals surface area contributed by atoms with Gasteiger partial charge in [-0.1, -0.05) is 0 Å². The van der Waals surface area contributed by atoms with Crippen LogP contribution in [0.5, 0.6) is 0 Å². The van der Waals surface area contributed by atoms with Gasteiger partial charge in [0.05, 0.1) is 0 Å². The zero-order valence-corrected chi connectivity index (χ0v) is 10.6. The van der Waals surface area contributed by atoms with Crippen molar-refractivity contribution in [3.63, 3.8) is 0 Å². The van der Waals surface area contributed by atoms with Gasteiger partial charge < -0.3 is 5.32 Å². The third-order valence-electron chi connectivity index (χ3n) is 2.14. The highest BCUT2D eigenvalue weighted by atomic mass is 32.2. The topological polar surface area (TPSA) is 12.0 Å². The van der Waals surface area contributed by atoms with E-state index in [4.69, 9.17) is 0 Å². The smallest absolute Gasteiger partial charge is 0.00794 e. The van der Waals surface area contributed by atoms with Crippen molar-refractivity contribution in [1.82, 2.24) is 5.32 Å². The zero-order chi connectivity index (χ0) is 10.2. The molecule has 0 aliphatic carbocycles. The molecule has 1 heterocycles. The fraction of sp³-hybridized carbons (Fsp3) is 0.636. The lowest BCUT2D eigenvalue weighted by atomic mass is 10.1. The monoisotopic (exact) mass is 229 g/mol. The van der Waals surface area contributed by atoms with Gasteiger partial charge in [0.25, 0.3) is 0 Å². The van der Waals surface area contributed by atoms with Gasteiger partial charge in [-0.2, -0.15) is 23.1 Å². The van der Waals surface area contributed by atoms with Crippen LogP contribution in [0.3, 0.4) is 0 Å². The van der Waals surface area contributed by atoms with Gasteiger partial charge in [0.1, 0.15) is 0 Å². The summed E-state index contributed by atoms with van der Waals surface area (Å²) in [5.41, 5.74) is 1.46. The number of hydrogen-bond acceptors (Lipinski definition) is 3. The van der Waals surface area contributed by atoms with Gasteiger partial charge in [-0.25, -0.2) is 0 Å². The molecular formula is C11H19NS2. The van der Waals surface area contributed by atoms with Crippen LogP contribution in [-0.2, 0) is 6.42 Å². The molecule has 0 aliphatic heterocycles. The minimum Gasteiger partial charge on any atom is -0.314 e. The summed E-state index contributed by atoms with van der Waals surface area (Å²) in [6.45, 7) is 3.41. The first-order chi connectivity index (χ1) is 6.83. The number of thiophene rings is 1. The standard InChI is InChI=1S/C11H19NS2/c1-10(12-5-3-6-13-2)8-11-4-7-14-9-11/h4,7,9-10,12H,3,5-6,8H2,1-2H3. The SMILES string of the molecule is CSCCCNC(C)Cc1ccsc1. The van der Waals surface area contributed by atoms with E-state index in [1.165, 1.54) is 17.7 Å². The van der Waals surface area contributed by atoms with Gasteiger partial charge in [-0.3, -0.25) is 0 Å².